The molecule has 1 aromatic heterocycles. The number of carbonyl (C=O) groups is 2. The van der Waals surface area contributed by atoms with E-state index in [4.69, 9.17) is 9.72 Å². The number of rotatable bonds is 5. The van der Waals surface area contributed by atoms with E-state index < -0.39 is 0 Å². The van der Waals surface area contributed by atoms with Crippen molar-refractivity contribution in [3.05, 3.63) is 65.4 Å². The lowest BCUT2D eigenvalue weighted by molar-refractivity contribution is 0.0789. The molecule has 9 nitrogen and oxygen atoms in total. The normalized spacial score (nSPS) is 16.8. The first kappa shape index (κ1) is 21.8. The van der Waals surface area contributed by atoms with Gasteiger partial charge in [-0.15, -0.1) is 0 Å². The number of hydrogen-bond donors (Lipinski definition) is 3. The van der Waals surface area contributed by atoms with Crippen molar-refractivity contribution >= 4 is 23.5 Å². The maximum absolute atomic E-state index is 12.8. The Bertz CT molecular complexity index is 1240. The number of nitrogens with zero attached hydrogens (tertiary/aromatic N) is 3. The fraction of sp³-hybridized carbons (Fsp3) is 0.280. The summed E-state index contributed by atoms with van der Waals surface area (Å²) in [5, 5.41) is 9.32. The maximum Gasteiger partial charge on any atom is 0.253 e. The van der Waals surface area contributed by atoms with Gasteiger partial charge >= 0.3 is 0 Å². The first-order chi connectivity index (χ1) is 16.6. The summed E-state index contributed by atoms with van der Waals surface area (Å²) in [4.78, 5) is 36.3. The van der Waals surface area contributed by atoms with E-state index in [1.54, 1.807) is 19.4 Å². The number of ether oxygens (including phenoxy) is 1. The summed E-state index contributed by atoms with van der Waals surface area (Å²) < 4.78 is 5.27. The molecule has 3 aromatic rings. The third kappa shape index (κ3) is 4.17. The highest BCUT2D eigenvalue weighted by Gasteiger charge is 2.26. The fourth-order valence-corrected chi connectivity index (χ4v) is 4.33. The molecule has 174 valence electrons. The van der Waals surface area contributed by atoms with Crippen LogP contribution < -0.4 is 20.7 Å². The number of likely N-dealkylation sites (tertiary alicyclic amines) is 1. The Hall–Kier alpha value is -3.98. The van der Waals surface area contributed by atoms with E-state index in [0.29, 0.717) is 41.1 Å². The lowest BCUT2D eigenvalue weighted by Crippen LogP contribution is -2.33. The monoisotopic (exact) mass is 458 g/mol. The number of nitrogens with one attached hydrogen (secondary N) is 3. The van der Waals surface area contributed by atoms with Crippen molar-refractivity contribution < 1.29 is 14.3 Å². The van der Waals surface area contributed by atoms with Crippen molar-refractivity contribution in [2.75, 3.05) is 32.6 Å². The zero-order chi connectivity index (χ0) is 23.7. The van der Waals surface area contributed by atoms with Crippen LogP contribution in [0.5, 0.6) is 5.75 Å². The van der Waals surface area contributed by atoms with Gasteiger partial charge in [0.15, 0.2) is 0 Å². The average molecular weight is 459 g/mol. The van der Waals surface area contributed by atoms with Crippen LogP contribution in [0.15, 0.2) is 48.7 Å². The van der Waals surface area contributed by atoms with Crippen molar-refractivity contribution in [1.82, 2.24) is 25.5 Å². The van der Waals surface area contributed by atoms with Gasteiger partial charge in [-0.05, 0) is 55.9 Å². The molecule has 0 saturated carbocycles. The minimum absolute atomic E-state index is 0.0368. The van der Waals surface area contributed by atoms with Gasteiger partial charge in [0.1, 0.15) is 5.75 Å². The van der Waals surface area contributed by atoms with E-state index in [1.165, 1.54) is 0 Å². The molecule has 1 saturated heterocycles. The molecular weight excluding hydrogens is 432 g/mol. The number of methoxy groups -OCH3 is 1. The minimum Gasteiger partial charge on any atom is -0.497 e. The molecule has 9 heteroatoms. The predicted octanol–water partition coefficient (Wildman–Crippen LogP) is 2.57. The smallest absolute Gasteiger partial charge is 0.253 e. The van der Waals surface area contributed by atoms with Crippen LogP contribution in [0.3, 0.4) is 0 Å². The number of fused-ring (bicyclic) bond motifs is 3. The molecule has 1 unspecified atom stereocenters. The molecule has 0 aliphatic carbocycles. The number of benzene rings is 2. The number of hydrogen-bond acceptors (Lipinski definition) is 7. The maximum atomic E-state index is 12.8. The summed E-state index contributed by atoms with van der Waals surface area (Å²) >= 11 is 0. The molecule has 2 aliphatic rings. The minimum atomic E-state index is -0.180. The highest BCUT2D eigenvalue weighted by molar-refractivity contribution is 6.02. The average Bonchev–Trinajstić information content (AvgIpc) is 3.32. The quantitative estimate of drug-likeness (QED) is 0.539. The second-order valence-corrected chi connectivity index (χ2v) is 8.39. The van der Waals surface area contributed by atoms with Crippen LogP contribution in [0.4, 0.5) is 11.6 Å². The van der Waals surface area contributed by atoms with Gasteiger partial charge in [-0.25, -0.2) is 9.97 Å². The third-order valence-electron chi connectivity index (χ3n) is 6.30. The Morgan fingerprint density at radius 2 is 2.00 bits per heavy atom. The summed E-state index contributed by atoms with van der Waals surface area (Å²) in [5.41, 5.74) is 4.17. The molecule has 0 spiro atoms. The van der Waals surface area contributed by atoms with E-state index >= 15 is 0 Å². The lowest BCUT2D eigenvalue weighted by Gasteiger charge is -2.16. The first-order valence-electron chi connectivity index (χ1n) is 11.2. The molecule has 3 heterocycles. The molecule has 1 atom stereocenters. The van der Waals surface area contributed by atoms with Crippen LogP contribution >= 0.6 is 0 Å². The third-order valence-corrected chi connectivity index (χ3v) is 6.30. The van der Waals surface area contributed by atoms with Gasteiger partial charge in [0.2, 0.25) is 5.95 Å². The van der Waals surface area contributed by atoms with Crippen molar-refractivity contribution in [2.24, 2.45) is 0 Å². The van der Waals surface area contributed by atoms with Gasteiger partial charge in [0.05, 0.1) is 18.4 Å². The number of aromatic nitrogens is 2. The van der Waals surface area contributed by atoms with Crippen molar-refractivity contribution in [1.29, 1.82) is 0 Å². The topological polar surface area (TPSA) is 108 Å². The highest BCUT2D eigenvalue weighted by Crippen LogP contribution is 2.31. The van der Waals surface area contributed by atoms with Crippen LogP contribution in [-0.2, 0) is 6.54 Å². The zero-order valence-corrected chi connectivity index (χ0v) is 19.1. The van der Waals surface area contributed by atoms with Crippen LogP contribution in [0.25, 0.3) is 11.3 Å². The van der Waals surface area contributed by atoms with E-state index in [1.807, 2.05) is 48.3 Å². The molecule has 0 bridgehead atoms. The van der Waals surface area contributed by atoms with Crippen LogP contribution in [0, 0.1) is 0 Å². The first-order valence-corrected chi connectivity index (χ1v) is 11.2. The Morgan fingerprint density at radius 1 is 1.18 bits per heavy atom. The number of likely N-dealkylation sites (N-methyl/N-ethyl adjacent to an activating group) is 1. The summed E-state index contributed by atoms with van der Waals surface area (Å²) in [7, 11) is 3.49. The van der Waals surface area contributed by atoms with Gasteiger partial charge < -0.3 is 25.6 Å². The lowest BCUT2D eigenvalue weighted by atomic mass is 10.0. The van der Waals surface area contributed by atoms with Crippen LogP contribution in [0.2, 0.25) is 0 Å². The summed E-state index contributed by atoms with van der Waals surface area (Å²) in [6.45, 7) is 1.83. The van der Waals surface area contributed by atoms with Crippen LogP contribution in [0.1, 0.15) is 32.7 Å². The van der Waals surface area contributed by atoms with Gasteiger partial charge in [-0.1, -0.05) is 0 Å². The number of carbonyl (C=O) groups excluding carboxylic acids is 2. The van der Waals surface area contributed by atoms with E-state index in [0.717, 1.165) is 36.3 Å². The second kappa shape index (κ2) is 9.11. The van der Waals surface area contributed by atoms with E-state index in [2.05, 4.69) is 20.9 Å². The SMILES string of the molecule is CNC1CCN(C(=O)c2ccc(Nc3ncc4c(n3)-c3ccc(OC)cc3C(=O)NC4)cc2)C1. The van der Waals surface area contributed by atoms with E-state index in [9.17, 15) is 9.59 Å². The van der Waals surface area contributed by atoms with E-state index in [-0.39, 0.29) is 11.8 Å². The van der Waals surface area contributed by atoms with Gasteiger partial charge in [0, 0.05) is 54.3 Å². The Kier molecular flexibility index (Phi) is 5.85. The Balaban J connectivity index is 1.37. The van der Waals surface area contributed by atoms with Gasteiger partial charge in [-0.3, -0.25) is 9.59 Å². The highest BCUT2D eigenvalue weighted by atomic mass is 16.5. The summed E-state index contributed by atoms with van der Waals surface area (Å²) in [6, 6.07) is 13.0. The number of anilines is 2. The Labute approximate surface area is 197 Å². The van der Waals surface area contributed by atoms with Gasteiger partial charge in [-0.2, -0.15) is 0 Å². The molecule has 2 aromatic carbocycles. The van der Waals surface area contributed by atoms with Crippen molar-refractivity contribution in [2.45, 2.75) is 19.0 Å². The molecule has 2 amide bonds. The molecule has 3 N–H and O–H groups in total. The molecule has 34 heavy (non-hydrogen) atoms. The summed E-state index contributed by atoms with van der Waals surface area (Å²) in [5.74, 6) is 0.871. The molecule has 1 fully saturated rings. The number of amides is 2. The molecule has 5 rings (SSSR count). The zero-order valence-electron chi connectivity index (χ0n) is 19.1. The fourth-order valence-electron chi connectivity index (χ4n) is 4.33. The predicted molar refractivity (Wildman–Crippen MR) is 128 cm³/mol. The second-order valence-electron chi connectivity index (χ2n) is 8.39. The van der Waals surface area contributed by atoms with Crippen molar-refractivity contribution in [3.8, 4) is 17.0 Å². The Morgan fingerprint density at radius 3 is 2.74 bits per heavy atom. The standard InChI is InChI=1S/C25H26N6O3/c1-26-18-9-10-31(14-18)24(33)15-3-5-17(6-4-15)29-25-28-13-16-12-27-23(32)21-11-19(34-2)7-8-20(21)22(16)30-25/h3-8,11,13,18,26H,9-10,12,14H2,1-2H3,(H,27,32)(H,28,29,30). The van der Waals surface area contributed by atoms with Gasteiger partial charge in [0.25, 0.3) is 11.8 Å². The molecule has 2 aliphatic heterocycles. The molecular formula is C25H26N6O3. The van der Waals surface area contributed by atoms with Crippen molar-refractivity contribution in [3.63, 3.8) is 0 Å². The molecule has 0 radical (unpaired) electrons. The van der Waals surface area contributed by atoms with Crippen LogP contribution in [-0.4, -0.2) is 60.0 Å². The summed E-state index contributed by atoms with van der Waals surface area (Å²) in [6.07, 6.45) is 2.68. The largest absolute Gasteiger partial charge is 0.497 e.